The smallest absolute Gasteiger partial charge is 0.369 e. The van der Waals surface area contributed by atoms with E-state index in [2.05, 4.69) is 22.0 Å². The predicted molar refractivity (Wildman–Crippen MR) is 74.7 cm³/mol. The Labute approximate surface area is 111 Å². The van der Waals surface area contributed by atoms with Gasteiger partial charge in [0.15, 0.2) is 4.98 Å². The SMILES string of the molecule is CN(Cc1ccccc1)c1ccc([N+]#N)cc1Cl. The third-order valence-electron chi connectivity index (χ3n) is 2.72. The van der Waals surface area contributed by atoms with Gasteiger partial charge in [-0.05, 0) is 11.6 Å². The number of halogens is 1. The first-order valence-corrected chi connectivity index (χ1v) is 5.98. The van der Waals surface area contributed by atoms with Crippen molar-refractivity contribution in [3.05, 3.63) is 64.1 Å². The van der Waals surface area contributed by atoms with Gasteiger partial charge in [-0.15, -0.1) is 0 Å². The first-order chi connectivity index (χ1) is 8.70. The van der Waals surface area contributed by atoms with Crippen molar-refractivity contribution in [2.24, 2.45) is 0 Å². The average Bonchev–Trinajstić information content (AvgIpc) is 2.39. The molecule has 3 nitrogen and oxygen atoms in total. The van der Waals surface area contributed by atoms with E-state index in [4.69, 9.17) is 17.0 Å². The molecule has 0 N–H and O–H groups in total. The highest BCUT2D eigenvalue weighted by Crippen LogP contribution is 2.30. The lowest BCUT2D eigenvalue weighted by molar-refractivity contribution is 0.923. The Morgan fingerprint density at radius 1 is 1.17 bits per heavy atom. The van der Waals surface area contributed by atoms with Crippen LogP contribution in [0, 0.1) is 5.39 Å². The lowest BCUT2D eigenvalue weighted by Crippen LogP contribution is -2.16. The van der Waals surface area contributed by atoms with Gasteiger partial charge in [-0.1, -0.05) is 41.9 Å². The number of hydrogen-bond acceptors (Lipinski definition) is 2. The van der Waals surface area contributed by atoms with Crippen molar-refractivity contribution in [1.29, 1.82) is 5.39 Å². The second-order valence-corrected chi connectivity index (χ2v) is 4.48. The van der Waals surface area contributed by atoms with E-state index in [9.17, 15) is 0 Å². The lowest BCUT2D eigenvalue weighted by Gasteiger charge is -2.20. The maximum absolute atomic E-state index is 8.68. The number of nitrogens with zero attached hydrogens (tertiary/aromatic N) is 3. The number of benzene rings is 2. The van der Waals surface area contributed by atoms with E-state index in [1.807, 2.05) is 31.3 Å². The Kier molecular flexibility index (Phi) is 3.81. The normalized spacial score (nSPS) is 9.83. The minimum absolute atomic E-state index is 0.455. The van der Waals surface area contributed by atoms with Gasteiger partial charge in [-0.2, -0.15) is 0 Å². The Morgan fingerprint density at radius 2 is 1.89 bits per heavy atom. The van der Waals surface area contributed by atoms with Crippen LogP contribution in [0.15, 0.2) is 48.5 Å². The second kappa shape index (κ2) is 5.52. The van der Waals surface area contributed by atoms with Crippen LogP contribution in [0.2, 0.25) is 5.02 Å². The fourth-order valence-electron chi connectivity index (χ4n) is 1.81. The molecule has 90 valence electrons. The van der Waals surface area contributed by atoms with Crippen LogP contribution in [-0.2, 0) is 6.54 Å². The highest BCUT2D eigenvalue weighted by atomic mass is 35.5. The number of rotatable bonds is 3. The van der Waals surface area contributed by atoms with Gasteiger partial charge in [0, 0.05) is 19.7 Å². The van der Waals surface area contributed by atoms with Crippen molar-refractivity contribution in [3.8, 4) is 0 Å². The summed E-state index contributed by atoms with van der Waals surface area (Å²) in [5.41, 5.74) is 2.58. The van der Waals surface area contributed by atoms with Crippen LogP contribution in [0.1, 0.15) is 5.56 Å². The Hall–Kier alpha value is -2.05. The number of hydrogen-bond donors (Lipinski definition) is 0. The molecule has 0 aliphatic heterocycles. The summed E-state index contributed by atoms with van der Waals surface area (Å²) in [6, 6.07) is 15.4. The minimum atomic E-state index is 0.455. The van der Waals surface area contributed by atoms with Crippen molar-refractivity contribution in [2.75, 3.05) is 11.9 Å². The molecule has 18 heavy (non-hydrogen) atoms. The van der Waals surface area contributed by atoms with Crippen molar-refractivity contribution in [2.45, 2.75) is 6.54 Å². The molecule has 0 spiro atoms. The molecule has 0 amide bonds. The van der Waals surface area contributed by atoms with Gasteiger partial charge >= 0.3 is 5.69 Å². The van der Waals surface area contributed by atoms with Gasteiger partial charge in [0.2, 0.25) is 5.39 Å². The van der Waals surface area contributed by atoms with E-state index in [0.717, 1.165) is 12.2 Å². The predicted octanol–water partition coefficient (Wildman–Crippen LogP) is 4.46. The van der Waals surface area contributed by atoms with Gasteiger partial charge in [0.05, 0.1) is 16.8 Å². The zero-order valence-electron chi connectivity index (χ0n) is 10.0. The average molecular weight is 259 g/mol. The molecule has 0 aliphatic carbocycles. The van der Waals surface area contributed by atoms with Gasteiger partial charge in [0.25, 0.3) is 0 Å². The first-order valence-electron chi connectivity index (χ1n) is 5.60. The van der Waals surface area contributed by atoms with Crippen molar-refractivity contribution in [3.63, 3.8) is 0 Å². The van der Waals surface area contributed by atoms with Crippen LogP contribution in [0.5, 0.6) is 0 Å². The molecule has 2 aromatic carbocycles. The molecule has 0 radical (unpaired) electrons. The molecule has 2 rings (SSSR count). The topological polar surface area (TPSA) is 31.4 Å². The van der Waals surface area contributed by atoms with Crippen LogP contribution in [-0.4, -0.2) is 7.05 Å². The van der Waals surface area contributed by atoms with Crippen LogP contribution < -0.4 is 4.90 Å². The summed E-state index contributed by atoms with van der Waals surface area (Å²) in [5, 5.41) is 9.25. The summed E-state index contributed by atoms with van der Waals surface area (Å²) >= 11 is 6.16. The summed E-state index contributed by atoms with van der Waals surface area (Å²) in [5.74, 6) is 0. The summed E-state index contributed by atoms with van der Waals surface area (Å²) in [6.45, 7) is 0.774. The van der Waals surface area contributed by atoms with Gasteiger partial charge in [-0.3, -0.25) is 0 Å². The maximum Gasteiger partial charge on any atom is 0.386 e. The minimum Gasteiger partial charge on any atom is -0.369 e. The van der Waals surface area contributed by atoms with Crippen LogP contribution in [0.3, 0.4) is 0 Å². The second-order valence-electron chi connectivity index (χ2n) is 4.08. The summed E-state index contributed by atoms with van der Waals surface area (Å²) < 4.78 is 0. The highest BCUT2D eigenvalue weighted by Gasteiger charge is 2.12. The van der Waals surface area contributed by atoms with Crippen LogP contribution in [0.25, 0.3) is 4.98 Å². The molecule has 0 saturated heterocycles. The molecule has 0 unspecified atom stereocenters. The molecular weight excluding hydrogens is 246 g/mol. The van der Waals surface area contributed by atoms with Gasteiger partial charge < -0.3 is 4.90 Å². The molecule has 0 saturated carbocycles. The lowest BCUT2D eigenvalue weighted by atomic mass is 10.2. The Balaban J connectivity index is 2.19. The van der Waals surface area contributed by atoms with Gasteiger partial charge in [0.1, 0.15) is 0 Å². The molecular formula is C14H13ClN3+. The standard InChI is InChI=1S/C14H13ClN3/c1-18(10-11-5-3-2-4-6-11)14-8-7-12(17-16)9-13(14)15/h2-9H,10H2,1H3/q+1. The van der Waals surface area contributed by atoms with Crippen LogP contribution >= 0.6 is 11.6 Å². The maximum atomic E-state index is 8.68. The fraction of sp³-hybridized carbons (Fsp3) is 0.143. The third-order valence-corrected chi connectivity index (χ3v) is 3.02. The van der Waals surface area contributed by atoms with Crippen molar-refractivity contribution >= 4 is 23.0 Å². The van der Waals surface area contributed by atoms with Crippen LogP contribution in [0.4, 0.5) is 11.4 Å². The third kappa shape index (κ3) is 2.79. The highest BCUT2D eigenvalue weighted by molar-refractivity contribution is 6.33. The summed E-state index contributed by atoms with van der Waals surface area (Å²) in [6.07, 6.45) is 0. The van der Waals surface area contributed by atoms with E-state index in [1.165, 1.54) is 5.56 Å². The molecule has 0 heterocycles. The van der Waals surface area contributed by atoms with Crippen molar-refractivity contribution in [1.82, 2.24) is 0 Å². The fourth-order valence-corrected chi connectivity index (χ4v) is 2.13. The first kappa shape index (κ1) is 12.4. The molecule has 4 heteroatoms. The largest absolute Gasteiger partial charge is 0.386 e. The summed E-state index contributed by atoms with van der Waals surface area (Å²) in [7, 11) is 1.98. The monoisotopic (exact) mass is 258 g/mol. The zero-order valence-corrected chi connectivity index (χ0v) is 10.8. The van der Waals surface area contributed by atoms with Crippen molar-refractivity contribution < 1.29 is 0 Å². The molecule has 2 aromatic rings. The quantitative estimate of drug-likeness (QED) is 0.761. The zero-order chi connectivity index (χ0) is 13.0. The number of diazo groups is 1. The Morgan fingerprint density at radius 3 is 2.50 bits per heavy atom. The Bertz CT molecular complexity index is 575. The molecule has 0 atom stereocenters. The molecule has 0 aliphatic rings. The summed E-state index contributed by atoms with van der Waals surface area (Å²) in [4.78, 5) is 5.17. The molecule has 0 bridgehead atoms. The number of anilines is 1. The molecule has 0 aromatic heterocycles. The van der Waals surface area contributed by atoms with E-state index < -0.39 is 0 Å². The van der Waals surface area contributed by atoms with E-state index in [0.29, 0.717) is 10.7 Å². The van der Waals surface area contributed by atoms with E-state index in [-0.39, 0.29) is 0 Å². The van der Waals surface area contributed by atoms with E-state index in [1.54, 1.807) is 12.1 Å². The van der Waals surface area contributed by atoms with E-state index >= 15 is 0 Å². The molecule has 0 fully saturated rings. The van der Waals surface area contributed by atoms with Gasteiger partial charge in [-0.25, -0.2) is 0 Å².